The van der Waals surface area contributed by atoms with E-state index in [0.29, 0.717) is 5.76 Å². The van der Waals surface area contributed by atoms with Gasteiger partial charge in [-0.15, -0.1) is 0 Å². The summed E-state index contributed by atoms with van der Waals surface area (Å²) in [7, 11) is 0. The highest BCUT2D eigenvalue weighted by molar-refractivity contribution is 5.06. The number of hydrogen-bond acceptors (Lipinski definition) is 1. The van der Waals surface area contributed by atoms with E-state index in [9.17, 15) is 5.11 Å². The summed E-state index contributed by atoms with van der Waals surface area (Å²) in [6, 6.07) is 0. The lowest BCUT2D eigenvalue weighted by Crippen LogP contribution is -1.85. The molecule has 0 saturated heterocycles. The number of allylic oxidation sites excluding steroid dienone is 4. The molecule has 0 amide bonds. The van der Waals surface area contributed by atoms with Crippen LogP contribution in [0.5, 0.6) is 0 Å². The van der Waals surface area contributed by atoms with Crippen molar-refractivity contribution in [1.29, 1.82) is 0 Å². The minimum Gasteiger partial charge on any atom is -0.512 e. The highest BCUT2D eigenvalue weighted by Crippen LogP contribution is 2.12. The van der Waals surface area contributed by atoms with Crippen LogP contribution in [0.1, 0.15) is 51.4 Å². The van der Waals surface area contributed by atoms with Crippen molar-refractivity contribution in [3.8, 4) is 0 Å². The molecule has 0 aromatic heterocycles. The molecule has 0 radical (unpaired) electrons. The predicted octanol–water partition coefficient (Wildman–Crippen LogP) is 4.12. The van der Waals surface area contributed by atoms with Crippen LogP contribution < -0.4 is 0 Å². The van der Waals surface area contributed by atoms with Gasteiger partial charge in [0.25, 0.3) is 0 Å². The Kier molecular flexibility index (Phi) is 5.39. The third-order valence-corrected chi connectivity index (χ3v) is 2.48. The quantitative estimate of drug-likeness (QED) is 0.594. The van der Waals surface area contributed by atoms with E-state index in [4.69, 9.17) is 0 Å². The van der Waals surface area contributed by atoms with Gasteiger partial charge in [0.1, 0.15) is 0 Å². The van der Waals surface area contributed by atoms with Crippen molar-refractivity contribution in [2.24, 2.45) is 0 Å². The van der Waals surface area contributed by atoms with Gasteiger partial charge in [-0.1, -0.05) is 37.8 Å². The molecule has 74 valence electrons. The van der Waals surface area contributed by atoms with Crippen LogP contribution >= 0.6 is 0 Å². The molecule has 0 unspecified atom stereocenters. The van der Waals surface area contributed by atoms with Crippen LogP contribution in [0.3, 0.4) is 0 Å². The molecular weight excluding hydrogens is 160 g/mol. The Morgan fingerprint density at radius 2 is 1.62 bits per heavy atom. The minimum atomic E-state index is 0.539. The van der Waals surface area contributed by atoms with Gasteiger partial charge >= 0.3 is 0 Å². The Hall–Kier alpha value is -0.720. The molecule has 0 spiro atoms. The molecule has 1 nitrogen and oxygen atoms in total. The zero-order chi connectivity index (χ0) is 9.36. The lowest BCUT2D eigenvalue weighted by atomic mass is 10.1. The van der Waals surface area contributed by atoms with Gasteiger partial charge in [-0.25, -0.2) is 0 Å². The summed E-state index contributed by atoms with van der Waals surface area (Å²) in [5.41, 5.74) is 0. The normalized spacial score (nSPS) is 27.8. The summed E-state index contributed by atoms with van der Waals surface area (Å²) in [6.45, 7) is 0. The Morgan fingerprint density at radius 1 is 0.923 bits per heavy atom. The molecule has 1 N–H and O–H groups in total. The molecule has 1 aliphatic carbocycles. The molecule has 0 aliphatic heterocycles. The first-order chi connectivity index (χ1) is 6.39. The van der Waals surface area contributed by atoms with Crippen molar-refractivity contribution in [3.05, 3.63) is 24.0 Å². The van der Waals surface area contributed by atoms with E-state index in [1.165, 1.54) is 32.1 Å². The molecule has 0 bridgehead atoms. The summed E-state index contributed by atoms with van der Waals surface area (Å²) in [5.74, 6) is 0.539. The largest absolute Gasteiger partial charge is 0.512 e. The monoisotopic (exact) mass is 180 g/mol. The summed E-state index contributed by atoms with van der Waals surface area (Å²) in [4.78, 5) is 0. The molecule has 0 atom stereocenters. The standard InChI is InChI=1S/C12H20O/c13-12-10-8-6-4-2-1-3-5-7-9-11-12/h6,8,10,13H,1-5,7,9,11H2/b8-6-,12-10+. The van der Waals surface area contributed by atoms with Crippen LogP contribution in [0.25, 0.3) is 0 Å². The second-order valence-electron chi connectivity index (χ2n) is 3.75. The lowest BCUT2D eigenvalue weighted by molar-refractivity contribution is 0.380. The van der Waals surface area contributed by atoms with Crippen LogP contribution in [-0.4, -0.2) is 5.11 Å². The molecule has 0 fully saturated rings. The maximum atomic E-state index is 9.40. The second-order valence-corrected chi connectivity index (χ2v) is 3.75. The van der Waals surface area contributed by atoms with Gasteiger partial charge in [0.15, 0.2) is 0 Å². The summed E-state index contributed by atoms with van der Waals surface area (Å²) >= 11 is 0. The van der Waals surface area contributed by atoms with Crippen LogP contribution in [0.2, 0.25) is 0 Å². The van der Waals surface area contributed by atoms with Crippen LogP contribution in [0.15, 0.2) is 24.0 Å². The molecule has 0 saturated carbocycles. The van der Waals surface area contributed by atoms with Crippen molar-refractivity contribution in [3.63, 3.8) is 0 Å². The Bertz CT molecular complexity index is 180. The van der Waals surface area contributed by atoms with Crippen molar-refractivity contribution in [2.45, 2.75) is 51.4 Å². The fourth-order valence-electron chi connectivity index (χ4n) is 1.63. The zero-order valence-corrected chi connectivity index (χ0v) is 8.34. The first-order valence-electron chi connectivity index (χ1n) is 5.44. The zero-order valence-electron chi connectivity index (χ0n) is 8.34. The van der Waals surface area contributed by atoms with Gasteiger partial charge in [0.05, 0.1) is 5.76 Å². The minimum absolute atomic E-state index is 0.539. The SMILES string of the molecule is O/C1=C/C=C\CCCCCCCC1. The van der Waals surface area contributed by atoms with Gasteiger partial charge in [-0.05, 0) is 25.3 Å². The van der Waals surface area contributed by atoms with E-state index >= 15 is 0 Å². The Morgan fingerprint density at radius 3 is 2.46 bits per heavy atom. The summed E-state index contributed by atoms with van der Waals surface area (Å²) < 4.78 is 0. The van der Waals surface area contributed by atoms with Crippen LogP contribution in [0.4, 0.5) is 0 Å². The maximum absolute atomic E-state index is 9.40. The van der Waals surface area contributed by atoms with E-state index in [2.05, 4.69) is 6.08 Å². The molecule has 1 heteroatoms. The van der Waals surface area contributed by atoms with Crippen molar-refractivity contribution >= 4 is 0 Å². The van der Waals surface area contributed by atoms with Gasteiger partial charge < -0.3 is 5.11 Å². The molecule has 1 aliphatic rings. The third kappa shape index (κ3) is 5.51. The molecule has 0 heterocycles. The van der Waals surface area contributed by atoms with E-state index in [1.807, 2.05) is 12.2 Å². The number of rotatable bonds is 0. The fourth-order valence-corrected chi connectivity index (χ4v) is 1.63. The Labute approximate surface area is 81.2 Å². The fraction of sp³-hybridized carbons (Fsp3) is 0.667. The second kappa shape index (κ2) is 6.76. The average molecular weight is 180 g/mol. The van der Waals surface area contributed by atoms with E-state index in [1.54, 1.807) is 0 Å². The molecule has 13 heavy (non-hydrogen) atoms. The van der Waals surface area contributed by atoms with Crippen molar-refractivity contribution in [2.75, 3.05) is 0 Å². The van der Waals surface area contributed by atoms with Gasteiger partial charge in [-0.2, -0.15) is 0 Å². The first-order valence-corrected chi connectivity index (χ1v) is 5.44. The first kappa shape index (κ1) is 10.4. The Balaban J connectivity index is 2.34. The molecule has 0 aromatic rings. The van der Waals surface area contributed by atoms with Gasteiger partial charge in [0.2, 0.25) is 0 Å². The summed E-state index contributed by atoms with van der Waals surface area (Å²) in [6.07, 6.45) is 15.7. The molecule has 1 rings (SSSR count). The molecular formula is C12H20O. The van der Waals surface area contributed by atoms with Gasteiger partial charge in [-0.3, -0.25) is 0 Å². The maximum Gasteiger partial charge on any atom is 0.0922 e. The van der Waals surface area contributed by atoms with Crippen LogP contribution in [0, 0.1) is 0 Å². The van der Waals surface area contributed by atoms with Crippen molar-refractivity contribution < 1.29 is 5.11 Å². The topological polar surface area (TPSA) is 20.2 Å². The smallest absolute Gasteiger partial charge is 0.0922 e. The van der Waals surface area contributed by atoms with E-state index in [0.717, 1.165) is 19.3 Å². The molecule has 0 aromatic carbocycles. The number of aliphatic hydroxyl groups is 1. The van der Waals surface area contributed by atoms with E-state index in [-0.39, 0.29) is 0 Å². The predicted molar refractivity (Wildman–Crippen MR) is 56.8 cm³/mol. The highest BCUT2D eigenvalue weighted by atomic mass is 16.3. The van der Waals surface area contributed by atoms with Crippen molar-refractivity contribution in [1.82, 2.24) is 0 Å². The average Bonchev–Trinajstić information content (AvgIpc) is 2.11. The van der Waals surface area contributed by atoms with Crippen LogP contribution in [-0.2, 0) is 0 Å². The summed E-state index contributed by atoms with van der Waals surface area (Å²) in [5, 5.41) is 9.40. The van der Waals surface area contributed by atoms with E-state index < -0.39 is 0 Å². The lowest BCUT2D eigenvalue weighted by Gasteiger charge is -2.02. The highest BCUT2D eigenvalue weighted by Gasteiger charge is 1.95. The number of aliphatic hydroxyl groups excluding tert-OH is 1. The number of hydrogen-bond donors (Lipinski definition) is 1. The third-order valence-electron chi connectivity index (χ3n) is 2.48. The van der Waals surface area contributed by atoms with Gasteiger partial charge in [0, 0.05) is 6.42 Å².